The van der Waals surface area contributed by atoms with Crippen molar-refractivity contribution in [3.63, 3.8) is 0 Å². The van der Waals surface area contributed by atoms with E-state index in [1.54, 1.807) is 0 Å². The molecule has 1 saturated heterocycles. The number of piperidine rings is 1. The maximum atomic E-state index is 12.7. The second-order valence-electron chi connectivity index (χ2n) is 6.57. The van der Waals surface area contributed by atoms with Crippen LogP contribution in [0.15, 0.2) is 28.7 Å². The molecule has 4 nitrogen and oxygen atoms in total. The van der Waals surface area contributed by atoms with Crippen LogP contribution in [-0.4, -0.2) is 36.1 Å². The van der Waals surface area contributed by atoms with Crippen molar-refractivity contribution < 1.29 is 13.9 Å². The SMILES string of the molecule is CCOC1(C)CCN(C(=O)Cc2c(C)oc3ccccc23)CC1. The van der Waals surface area contributed by atoms with E-state index in [1.165, 1.54) is 0 Å². The second-order valence-corrected chi connectivity index (χ2v) is 6.57. The van der Waals surface area contributed by atoms with Gasteiger partial charge in [-0.15, -0.1) is 0 Å². The molecule has 4 heteroatoms. The van der Waals surface area contributed by atoms with E-state index >= 15 is 0 Å². The van der Waals surface area contributed by atoms with Gasteiger partial charge in [-0.3, -0.25) is 4.79 Å². The van der Waals surface area contributed by atoms with Gasteiger partial charge in [0.25, 0.3) is 0 Å². The Hall–Kier alpha value is -1.81. The molecule has 124 valence electrons. The third kappa shape index (κ3) is 3.27. The summed E-state index contributed by atoms with van der Waals surface area (Å²) >= 11 is 0. The number of hydrogen-bond acceptors (Lipinski definition) is 3. The van der Waals surface area contributed by atoms with Gasteiger partial charge < -0.3 is 14.1 Å². The van der Waals surface area contributed by atoms with E-state index in [9.17, 15) is 4.79 Å². The molecule has 0 unspecified atom stereocenters. The number of carbonyl (C=O) groups is 1. The number of nitrogens with zero attached hydrogens (tertiary/aromatic N) is 1. The zero-order valence-electron chi connectivity index (χ0n) is 14.2. The van der Waals surface area contributed by atoms with Crippen molar-refractivity contribution in [2.24, 2.45) is 0 Å². The van der Waals surface area contributed by atoms with Gasteiger partial charge in [0.15, 0.2) is 0 Å². The fourth-order valence-corrected chi connectivity index (χ4v) is 3.43. The number of amides is 1. The average Bonchev–Trinajstić information content (AvgIpc) is 2.84. The monoisotopic (exact) mass is 315 g/mol. The highest BCUT2D eigenvalue weighted by Crippen LogP contribution is 2.28. The zero-order valence-corrected chi connectivity index (χ0v) is 14.2. The fraction of sp³-hybridized carbons (Fsp3) is 0.526. The molecule has 1 aromatic heterocycles. The van der Waals surface area contributed by atoms with Crippen LogP contribution in [0.25, 0.3) is 11.0 Å². The molecule has 0 bridgehead atoms. The van der Waals surface area contributed by atoms with Crippen molar-refractivity contribution in [2.75, 3.05) is 19.7 Å². The number of rotatable bonds is 4. The highest BCUT2D eigenvalue weighted by molar-refractivity contribution is 5.88. The van der Waals surface area contributed by atoms with Gasteiger partial charge in [-0.25, -0.2) is 0 Å². The summed E-state index contributed by atoms with van der Waals surface area (Å²) in [6.45, 7) is 8.37. The third-order valence-electron chi connectivity index (χ3n) is 4.89. The van der Waals surface area contributed by atoms with E-state index in [1.807, 2.05) is 43.0 Å². The number of furan rings is 1. The number of para-hydroxylation sites is 1. The van der Waals surface area contributed by atoms with Gasteiger partial charge in [-0.05, 0) is 39.7 Å². The number of benzene rings is 1. The Bertz CT molecular complexity index is 696. The quantitative estimate of drug-likeness (QED) is 0.864. The molecule has 0 N–H and O–H groups in total. The summed E-state index contributed by atoms with van der Waals surface area (Å²) in [5.41, 5.74) is 1.79. The minimum absolute atomic E-state index is 0.0796. The standard InChI is InChI=1S/C19H25NO3/c1-4-22-19(3)9-11-20(12-10-19)18(21)13-16-14(2)23-17-8-6-5-7-15(16)17/h5-8H,4,9-13H2,1-3H3. The molecule has 1 aliphatic heterocycles. The van der Waals surface area contributed by atoms with Gasteiger partial charge in [0.05, 0.1) is 12.0 Å². The smallest absolute Gasteiger partial charge is 0.227 e. The molecule has 0 saturated carbocycles. The number of fused-ring (bicyclic) bond motifs is 1. The van der Waals surface area contributed by atoms with Gasteiger partial charge in [0, 0.05) is 30.6 Å². The minimum atomic E-state index is -0.0796. The number of hydrogen-bond donors (Lipinski definition) is 0. The van der Waals surface area contributed by atoms with Crippen LogP contribution in [0.5, 0.6) is 0 Å². The molecule has 2 heterocycles. The first-order chi connectivity index (χ1) is 11.0. The van der Waals surface area contributed by atoms with E-state index < -0.39 is 0 Å². The van der Waals surface area contributed by atoms with Gasteiger partial charge in [-0.1, -0.05) is 18.2 Å². The van der Waals surface area contributed by atoms with Crippen LogP contribution in [-0.2, 0) is 16.0 Å². The largest absolute Gasteiger partial charge is 0.461 e. The van der Waals surface area contributed by atoms with Gasteiger partial charge in [0.1, 0.15) is 11.3 Å². The Balaban J connectivity index is 1.69. The molecule has 1 aromatic carbocycles. The van der Waals surface area contributed by atoms with Crippen molar-refractivity contribution in [2.45, 2.75) is 45.6 Å². The molecule has 0 atom stereocenters. The van der Waals surface area contributed by atoms with Gasteiger partial charge >= 0.3 is 0 Å². The van der Waals surface area contributed by atoms with Crippen molar-refractivity contribution in [3.05, 3.63) is 35.6 Å². The number of likely N-dealkylation sites (tertiary alicyclic amines) is 1. The lowest BCUT2D eigenvalue weighted by Crippen LogP contribution is -2.47. The summed E-state index contributed by atoms with van der Waals surface area (Å²) in [7, 11) is 0. The summed E-state index contributed by atoms with van der Waals surface area (Å²) in [6.07, 6.45) is 2.21. The highest BCUT2D eigenvalue weighted by Gasteiger charge is 2.32. The summed E-state index contributed by atoms with van der Waals surface area (Å²) in [5, 5.41) is 1.05. The molecule has 0 radical (unpaired) electrons. The van der Waals surface area contributed by atoms with E-state index in [0.717, 1.165) is 54.8 Å². The van der Waals surface area contributed by atoms with Crippen LogP contribution in [0.2, 0.25) is 0 Å². The van der Waals surface area contributed by atoms with Gasteiger partial charge in [0.2, 0.25) is 5.91 Å². The predicted molar refractivity (Wildman–Crippen MR) is 90.5 cm³/mol. The average molecular weight is 315 g/mol. The molecular formula is C19H25NO3. The number of carbonyl (C=O) groups excluding carboxylic acids is 1. The van der Waals surface area contributed by atoms with Crippen molar-refractivity contribution in [1.29, 1.82) is 0 Å². The maximum Gasteiger partial charge on any atom is 0.227 e. The molecule has 1 aliphatic rings. The van der Waals surface area contributed by atoms with Crippen LogP contribution in [0, 0.1) is 6.92 Å². The zero-order chi connectivity index (χ0) is 16.4. The van der Waals surface area contributed by atoms with Crippen molar-refractivity contribution >= 4 is 16.9 Å². The third-order valence-corrected chi connectivity index (χ3v) is 4.89. The lowest BCUT2D eigenvalue weighted by molar-refractivity contribution is -0.136. The summed E-state index contributed by atoms with van der Waals surface area (Å²) in [5.74, 6) is 1.02. The molecule has 0 spiro atoms. The van der Waals surface area contributed by atoms with Crippen LogP contribution >= 0.6 is 0 Å². The second kappa shape index (κ2) is 6.36. The lowest BCUT2D eigenvalue weighted by atomic mass is 9.93. The number of aryl methyl sites for hydroxylation is 1. The molecule has 1 amide bonds. The van der Waals surface area contributed by atoms with E-state index in [-0.39, 0.29) is 11.5 Å². The summed E-state index contributed by atoms with van der Waals surface area (Å²) < 4.78 is 11.6. The van der Waals surface area contributed by atoms with Crippen molar-refractivity contribution in [1.82, 2.24) is 4.90 Å². The fourth-order valence-electron chi connectivity index (χ4n) is 3.43. The Kier molecular flexibility index (Phi) is 4.44. The Morgan fingerprint density at radius 3 is 2.70 bits per heavy atom. The first-order valence-electron chi connectivity index (χ1n) is 8.41. The first kappa shape index (κ1) is 16.1. The normalized spacial score (nSPS) is 17.6. The van der Waals surface area contributed by atoms with Crippen LogP contribution in [0.1, 0.15) is 38.0 Å². The van der Waals surface area contributed by atoms with E-state index in [0.29, 0.717) is 6.42 Å². The van der Waals surface area contributed by atoms with E-state index in [2.05, 4.69) is 6.92 Å². The highest BCUT2D eigenvalue weighted by atomic mass is 16.5. The van der Waals surface area contributed by atoms with Gasteiger partial charge in [-0.2, -0.15) is 0 Å². The summed E-state index contributed by atoms with van der Waals surface area (Å²) in [4.78, 5) is 14.6. The molecule has 23 heavy (non-hydrogen) atoms. The molecular weight excluding hydrogens is 290 g/mol. The van der Waals surface area contributed by atoms with E-state index in [4.69, 9.17) is 9.15 Å². The van der Waals surface area contributed by atoms with Crippen molar-refractivity contribution in [3.8, 4) is 0 Å². The molecule has 1 fully saturated rings. The molecule has 2 aromatic rings. The Morgan fingerprint density at radius 1 is 1.30 bits per heavy atom. The molecule has 3 rings (SSSR count). The topological polar surface area (TPSA) is 42.7 Å². The molecule has 0 aliphatic carbocycles. The van der Waals surface area contributed by atoms with Crippen LogP contribution in [0.4, 0.5) is 0 Å². The predicted octanol–water partition coefficient (Wildman–Crippen LogP) is 3.70. The maximum absolute atomic E-state index is 12.7. The first-order valence-corrected chi connectivity index (χ1v) is 8.41. The Labute approximate surface area is 137 Å². The Morgan fingerprint density at radius 2 is 2.00 bits per heavy atom. The minimum Gasteiger partial charge on any atom is -0.461 e. The lowest BCUT2D eigenvalue weighted by Gasteiger charge is -2.39. The van der Waals surface area contributed by atoms with Crippen LogP contribution in [0.3, 0.4) is 0 Å². The summed E-state index contributed by atoms with van der Waals surface area (Å²) in [6, 6.07) is 7.91. The number of ether oxygens (including phenoxy) is 1. The van der Waals surface area contributed by atoms with Crippen LogP contribution < -0.4 is 0 Å².